The molecule has 2 amide bonds. The number of piperazine rings is 1. The number of nitrogens with zero attached hydrogens (tertiary/aromatic N) is 2. The third-order valence-electron chi connectivity index (χ3n) is 4.44. The maximum atomic E-state index is 12.6. The predicted octanol–water partition coefficient (Wildman–Crippen LogP) is 1.30. The summed E-state index contributed by atoms with van der Waals surface area (Å²) < 4.78 is 10.5. The molecule has 2 saturated heterocycles. The van der Waals surface area contributed by atoms with E-state index >= 15 is 0 Å². The van der Waals surface area contributed by atoms with Crippen molar-refractivity contribution in [3.8, 4) is 5.75 Å². The quantitative estimate of drug-likeness (QED) is 0.843. The van der Waals surface area contributed by atoms with Crippen molar-refractivity contribution in [3.05, 3.63) is 24.3 Å². The van der Waals surface area contributed by atoms with Crippen molar-refractivity contribution in [1.82, 2.24) is 4.90 Å². The van der Waals surface area contributed by atoms with E-state index < -0.39 is 0 Å². The molecule has 0 bridgehead atoms. The first kappa shape index (κ1) is 15.8. The van der Waals surface area contributed by atoms with E-state index in [1.165, 1.54) is 0 Å². The first-order valence-electron chi connectivity index (χ1n) is 7.93. The minimum Gasteiger partial charge on any atom is -0.497 e. The molecule has 0 saturated carbocycles. The molecule has 1 aromatic carbocycles. The molecule has 2 fully saturated rings. The van der Waals surface area contributed by atoms with Crippen LogP contribution in [0.5, 0.6) is 5.75 Å². The van der Waals surface area contributed by atoms with Gasteiger partial charge in [-0.1, -0.05) is 6.07 Å². The van der Waals surface area contributed by atoms with Crippen LogP contribution in [-0.2, 0) is 14.3 Å². The number of ether oxygens (including phenoxy) is 2. The summed E-state index contributed by atoms with van der Waals surface area (Å²) in [4.78, 5) is 28.5. The van der Waals surface area contributed by atoms with Crippen molar-refractivity contribution in [3.63, 3.8) is 0 Å². The third-order valence-corrected chi connectivity index (χ3v) is 4.44. The fraction of sp³-hybridized carbons (Fsp3) is 0.529. The van der Waals surface area contributed by atoms with E-state index in [1.54, 1.807) is 16.9 Å². The molecule has 0 aliphatic carbocycles. The lowest BCUT2D eigenvalue weighted by molar-refractivity contribution is -0.141. The number of hydrogen-bond donors (Lipinski definition) is 0. The molecule has 1 aromatic rings. The van der Waals surface area contributed by atoms with Gasteiger partial charge in [-0.25, -0.2) is 0 Å². The highest BCUT2D eigenvalue weighted by molar-refractivity contribution is 5.99. The summed E-state index contributed by atoms with van der Waals surface area (Å²) in [5.41, 5.74) is 0.804. The second-order valence-electron chi connectivity index (χ2n) is 6.09. The summed E-state index contributed by atoms with van der Waals surface area (Å²) in [6.45, 7) is 3.72. The van der Waals surface area contributed by atoms with Crippen LogP contribution in [0, 0.1) is 5.92 Å². The van der Waals surface area contributed by atoms with Crippen molar-refractivity contribution in [2.24, 2.45) is 5.92 Å². The standard InChI is InChI=1S/C17H22N2O4/c1-12-9-18(17(21)13-6-7-23-11-13)10-16(20)19(12)14-4-3-5-15(8-14)22-2/h3-5,8,12-13H,6-7,9-11H2,1-2H3/t12-,13+/m1/s1. The van der Waals surface area contributed by atoms with Crippen molar-refractivity contribution in [1.29, 1.82) is 0 Å². The Balaban J connectivity index is 1.74. The summed E-state index contributed by atoms with van der Waals surface area (Å²) in [6.07, 6.45) is 0.748. The zero-order valence-electron chi connectivity index (χ0n) is 13.5. The van der Waals surface area contributed by atoms with Gasteiger partial charge in [-0.3, -0.25) is 9.59 Å². The number of hydrogen-bond acceptors (Lipinski definition) is 4. The first-order valence-corrected chi connectivity index (χ1v) is 7.93. The van der Waals surface area contributed by atoms with Crippen LogP contribution in [0.1, 0.15) is 13.3 Å². The van der Waals surface area contributed by atoms with Crippen LogP contribution in [0.4, 0.5) is 5.69 Å². The van der Waals surface area contributed by atoms with Gasteiger partial charge in [-0.15, -0.1) is 0 Å². The molecule has 2 aliphatic rings. The molecule has 2 heterocycles. The van der Waals surface area contributed by atoms with Gasteiger partial charge in [-0.05, 0) is 25.5 Å². The monoisotopic (exact) mass is 318 g/mol. The molecule has 2 atom stereocenters. The molecular weight excluding hydrogens is 296 g/mol. The van der Waals surface area contributed by atoms with Gasteiger partial charge in [0.15, 0.2) is 0 Å². The smallest absolute Gasteiger partial charge is 0.246 e. The van der Waals surface area contributed by atoms with E-state index in [-0.39, 0.29) is 30.3 Å². The Kier molecular flexibility index (Phi) is 4.52. The van der Waals surface area contributed by atoms with E-state index in [4.69, 9.17) is 9.47 Å². The largest absolute Gasteiger partial charge is 0.497 e. The van der Waals surface area contributed by atoms with Crippen LogP contribution >= 0.6 is 0 Å². The van der Waals surface area contributed by atoms with Crippen LogP contribution in [0.15, 0.2) is 24.3 Å². The molecular formula is C17H22N2O4. The van der Waals surface area contributed by atoms with Gasteiger partial charge < -0.3 is 19.3 Å². The lowest BCUT2D eigenvalue weighted by atomic mass is 10.0. The molecule has 6 nitrogen and oxygen atoms in total. The number of amides is 2. The number of benzene rings is 1. The van der Waals surface area contributed by atoms with Crippen molar-refractivity contribution < 1.29 is 19.1 Å². The molecule has 0 N–H and O–H groups in total. The van der Waals surface area contributed by atoms with Crippen molar-refractivity contribution in [2.75, 3.05) is 38.3 Å². The normalized spacial score (nSPS) is 24.9. The average Bonchev–Trinajstić information content (AvgIpc) is 3.08. The molecule has 3 rings (SSSR count). The predicted molar refractivity (Wildman–Crippen MR) is 85.4 cm³/mol. The van der Waals surface area contributed by atoms with E-state index in [1.807, 2.05) is 31.2 Å². The number of carbonyl (C=O) groups is 2. The molecule has 0 spiro atoms. The van der Waals surface area contributed by atoms with E-state index in [9.17, 15) is 9.59 Å². The maximum Gasteiger partial charge on any atom is 0.246 e. The molecule has 0 radical (unpaired) electrons. The Bertz CT molecular complexity index is 598. The van der Waals surface area contributed by atoms with Crippen LogP contribution in [0.25, 0.3) is 0 Å². The SMILES string of the molecule is COc1cccc(N2C(=O)CN(C(=O)[C@H]3CCOC3)C[C@H]2C)c1. The van der Waals surface area contributed by atoms with Gasteiger partial charge in [0.25, 0.3) is 0 Å². The van der Waals surface area contributed by atoms with E-state index in [0.717, 1.165) is 12.1 Å². The lowest BCUT2D eigenvalue weighted by Gasteiger charge is -2.40. The molecule has 0 unspecified atom stereocenters. The van der Waals surface area contributed by atoms with Gasteiger partial charge in [0, 0.05) is 24.9 Å². The number of carbonyl (C=O) groups excluding carboxylic acids is 2. The van der Waals surface area contributed by atoms with Gasteiger partial charge in [0.05, 0.1) is 25.7 Å². The zero-order valence-corrected chi connectivity index (χ0v) is 13.5. The number of anilines is 1. The summed E-state index contributed by atoms with van der Waals surface area (Å²) in [6, 6.07) is 7.37. The van der Waals surface area contributed by atoms with E-state index in [0.29, 0.717) is 25.5 Å². The molecule has 2 aliphatic heterocycles. The Hall–Kier alpha value is -2.08. The maximum absolute atomic E-state index is 12.6. The van der Waals surface area contributed by atoms with Crippen LogP contribution in [0.3, 0.4) is 0 Å². The second-order valence-corrected chi connectivity index (χ2v) is 6.09. The summed E-state index contributed by atoms with van der Waals surface area (Å²) in [5.74, 6) is 0.583. The van der Waals surface area contributed by atoms with E-state index in [2.05, 4.69) is 0 Å². The van der Waals surface area contributed by atoms with Gasteiger partial charge in [-0.2, -0.15) is 0 Å². The summed E-state index contributed by atoms with van der Waals surface area (Å²) in [7, 11) is 1.60. The fourth-order valence-corrected chi connectivity index (χ4v) is 3.26. The summed E-state index contributed by atoms with van der Waals surface area (Å²) >= 11 is 0. The second kappa shape index (κ2) is 6.58. The minimum absolute atomic E-state index is 0.0352. The molecule has 124 valence electrons. The lowest BCUT2D eigenvalue weighted by Crippen LogP contribution is -2.58. The Morgan fingerprint density at radius 1 is 1.39 bits per heavy atom. The van der Waals surface area contributed by atoms with Crippen molar-refractivity contribution >= 4 is 17.5 Å². The van der Waals surface area contributed by atoms with Gasteiger partial charge >= 0.3 is 0 Å². The molecule has 0 aromatic heterocycles. The Morgan fingerprint density at radius 2 is 2.22 bits per heavy atom. The van der Waals surface area contributed by atoms with Crippen LogP contribution in [-0.4, -0.2) is 56.2 Å². The molecule has 6 heteroatoms. The number of methoxy groups -OCH3 is 1. The zero-order chi connectivity index (χ0) is 16.4. The highest BCUT2D eigenvalue weighted by atomic mass is 16.5. The minimum atomic E-state index is -0.0987. The highest BCUT2D eigenvalue weighted by Gasteiger charge is 2.36. The Labute approximate surface area is 136 Å². The Morgan fingerprint density at radius 3 is 2.87 bits per heavy atom. The number of rotatable bonds is 3. The highest BCUT2D eigenvalue weighted by Crippen LogP contribution is 2.26. The molecule has 23 heavy (non-hydrogen) atoms. The van der Waals surface area contributed by atoms with Crippen molar-refractivity contribution in [2.45, 2.75) is 19.4 Å². The third kappa shape index (κ3) is 3.17. The first-order chi connectivity index (χ1) is 11.1. The average molecular weight is 318 g/mol. The van der Waals surface area contributed by atoms with Crippen LogP contribution in [0.2, 0.25) is 0 Å². The van der Waals surface area contributed by atoms with Gasteiger partial charge in [0.1, 0.15) is 12.3 Å². The summed E-state index contributed by atoms with van der Waals surface area (Å²) in [5, 5.41) is 0. The van der Waals surface area contributed by atoms with Crippen LogP contribution < -0.4 is 9.64 Å². The van der Waals surface area contributed by atoms with Gasteiger partial charge in [0.2, 0.25) is 11.8 Å². The topological polar surface area (TPSA) is 59.1 Å². The fourth-order valence-electron chi connectivity index (χ4n) is 3.26.